The summed E-state index contributed by atoms with van der Waals surface area (Å²) in [4.78, 5) is 63.2. The van der Waals surface area contributed by atoms with Crippen LogP contribution in [0.25, 0.3) is 41.8 Å². The summed E-state index contributed by atoms with van der Waals surface area (Å²) in [6.07, 6.45) is 13.7. The lowest BCUT2D eigenvalue weighted by molar-refractivity contribution is 0.0949. The highest BCUT2D eigenvalue weighted by Crippen LogP contribution is 2.41. The van der Waals surface area contributed by atoms with Crippen LogP contribution in [0.2, 0.25) is 0 Å². The van der Waals surface area contributed by atoms with Gasteiger partial charge in [0.2, 0.25) is 0 Å². The molecular weight excluding hydrogens is 1250 g/mol. The predicted octanol–water partition coefficient (Wildman–Crippen LogP) is 15.2. The van der Waals surface area contributed by atoms with Gasteiger partial charge in [0.05, 0.1) is 28.7 Å². The van der Waals surface area contributed by atoms with Gasteiger partial charge in [0.15, 0.2) is 0 Å². The molecule has 494 valence electrons. The molecule has 2 unspecified atom stereocenters. The molecule has 7 N–H and O–H groups in total. The largest absolute Gasteiger partial charge is 0.496 e. The number of hydrogen-bond donors (Lipinski definition) is 5. The lowest BCUT2D eigenvalue weighted by Crippen LogP contribution is -2.36. The quantitative estimate of drug-likeness (QED) is 0.0579. The number of aryl methyl sites for hydroxylation is 4. The minimum absolute atomic E-state index is 0.0415. The van der Waals surface area contributed by atoms with Crippen molar-refractivity contribution < 1.29 is 23.5 Å². The molecule has 95 heavy (non-hydrogen) atoms. The molecule has 4 fully saturated rings. The molecule has 14 rings (SSSR count). The molecule has 6 aromatic heterocycles. The van der Waals surface area contributed by atoms with E-state index < -0.39 is 0 Å². The molecule has 3 amide bonds. The van der Waals surface area contributed by atoms with Crippen molar-refractivity contribution in [3.05, 3.63) is 181 Å². The SMILES string of the molecule is COc1cc(C)nc2sc(C(=O)NCCc3ccc(N4CCCCC4)cc3)c(C)c12.Cc1ccc2c(N)c(C(=O)NCCc3ccc(N4CC5CCC(C5)C4)cc3F)sc2n1.Cc1ccc2c(N)c(C(=O)NCCc3ccc(N4CCCCC4)c(-c4ccccc4)c3)sc2n1. The zero-order chi connectivity index (χ0) is 66.1. The number of nitrogen functional groups attached to an aromatic ring is 2. The van der Waals surface area contributed by atoms with Gasteiger partial charge in [-0.3, -0.25) is 14.4 Å². The third-order valence-electron chi connectivity index (χ3n) is 18.9. The van der Waals surface area contributed by atoms with E-state index in [0.717, 1.165) is 129 Å². The van der Waals surface area contributed by atoms with Gasteiger partial charge in [-0.15, -0.1) is 34.0 Å². The van der Waals surface area contributed by atoms with Gasteiger partial charge in [-0.25, -0.2) is 19.3 Å². The number of nitrogens with two attached hydrogens (primary N) is 2. The van der Waals surface area contributed by atoms with E-state index >= 15 is 0 Å². The van der Waals surface area contributed by atoms with Gasteiger partial charge in [-0.1, -0.05) is 54.6 Å². The van der Waals surface area contributed by atoms with E-state index in [1.165, 1.54) is 125 Å². The van der Waals surface area contributed by atoms with Crippen molar-refractivity contribution in [2.45, 2.75) is 105 Å². The Kier molecular flexibility index (Phi) is 21.2. The summed E-state index contributed by atoms with van der Waals surface area (Å²) in [5.41, 5.74) is 26.1. The number of methoxy groups -OCH3 is 1. The maximum absolute atomic E-state index is 14.7. The molecule has 0 spiro atoms. The number of pyridine rings is 3. The fraction of sp³-hybridized carbons (Fsp3) is 0.368. The molecule has 10 aromatic rings. The third-order valence-corrected chi connectivity index (χ3v) is 22.3. The van der Waals surface area contributed by atoms with E-state index in [4.69, 9.17) is 16.2 Å². The number of amides is 3. The highest BCUT2D eigenvalue weighted by molar-refractivity contribution is 7.21. The summed E-state index contributed by atoms with van der Waals surface area (Å²) in [7, 11) is 1.65. The Bertz CT molecular complexity index is 4360. The van der Waals surface area contributed by atoms with Crippen LogP contribution >= 0.6 is 34.0 Å². The van der Waals surface area contributed by atoms with Crippen molar-refractivity contribution in [3.8, 4) is 16.9 Å². The Labute approximate surface area is 568 Å². The highest BCUT2D eigenvalue weighted by atomic mass is 32.1. The lowest BCUT2D eigenvalue weighted by atomic mass is 9.97. The van der Waals surface area contributed by atoms with Crippen molar-refractivity contribution in [1.82, 2.24) is 30.9 Å². The van der Waals surface area contributed by atoms with Crippen molar-refractivity contribution in [3.63, 3.8) is 0 Å². The van der Waals surface area contributed by atoms with Gasteiger partial charge in [0.1, 0.15) is 35.8 Å². The molecule has 1 aliphatic carbocycles. The van der Waals surface area contributed by atoms with Crippen LogP contribution in [0.3, 0.4) is 0 Å². The Balaban J connectivity index is 0.000000137. The molecule has 2 atom stereocenters. The van der Waals surface area contributed by atoms with Crippen LogP contribution in [-0.2, 0) is 19.3 Å². The molecule has 3 aliphatic heterocycles. The summed E-state index contributed by atoms with van der Waals surface area (Å²) >= 11 is 4.08. The Morgan fingerprint density at radius 2 is 1.07 bits per heavy atom. The molecule has 19 heteroatoms. The third kappa shape index (κ3) is 15.7. The minimum atomic E-state index is -0.237. The number of fused-ring (bicyclic) bond motifs is 5. The molecular formula is C76H86FN11O4S3. The molecule has 4 aliphatic rings. The topological polar surface area (TPSA) is 197 Å². The van der Waals surface area contributed by atoms with Gasteiger partial charge < -0.3 is 46.9 Å². The second kappa shape index (κ2) is 30.4. The summed E-state index contributed by atoms with van der Waals surface area (Å²) in [5.74, 6) is 1.68. The first-order valence-electron chi connectivity index (χ1n) is 33.6. The smallest absolute Gasteiger partial charge is 0.263 e. The number of benzene rings is 4. The number of carbonyl (C=O) groups excluding carboxylic acids is 3. The van der Waals surface area contributed by atoms with Gasteiger partial charge in [0.25, 0.3) is 17.7 Å². The van der Waals surface area contributed by atoms with E-state index in [1.807, 2.05) is 70.2 Å². The Morgan fingerprint density at radius 3 is 1.66 bits per heavy atom. The summed E-state index contributed by atoms with van der Waals surface area (Å²) < 4.78 is 20.2. The molecule has 0 radical (unpaired) electrons. The first kappa shape index (κ1) is 66.4. The number of piperidine rings is 3. The van der Waals surface area contributed by atoms with Crippen molar-refractivity contribution in [2.75, 3.05) is 92.2 Å². The van der Waals surface area contributed by atoms with Gasteiger partial charge in [0, 0.05) is 115 Å². The zero-order valence-corrected chi connectivity index (χ0v) is 57.6. The first-order chi connectivity index (χ1) is 46.1. The van der Waals surface area contributed by atoms with Crippen LogP contribution in [0.15, 0.2) is 121 Å². The van der Waals surface area contributed by atoms with Gasteiger partial charge in [-0.2, -0.15) is 0 Å². The molecule has 1 saturated carbocycles. The lowest BCUT2D eigenvalue weighted by Gasteiger charge is -2.33. The fourth-order valence-electron chi connectivity index (χ4n) is 13.8. The number of nitrogens with one attached hydrogen (secondary N) is 3. The number of anilines is 5. The van der Waals surface area contributed by atoms with Crippen LogP contribution < -0.4 is 46.9 Å². The maximum atomic E-state index is 14.7. The van der Waals surface area contributed by atoms with Crippen molar-refractivity contribution >= 4 is 111 Å². The van der Waals surface area contributed by atoms with Gasteiger partial charge in [-0.05, 0) is 205 Å². The fourth-order valence-corrected chi connectivity index (χ4v) is 17.1. The molecule has 9 heterocycles. The van der Waals surface area contributed by atoms with Crippen LogP contribution in [0.4, 0.5) is 32.8 Å². The molecule has 4 aromatic carbocycles. The van der Waals surface area contributed by atoms with E-state index in [2.05, 4.69) is 118 Å². The number of hydrogen-bond acceptors (Lipinski definition) is 15. The molecule has 2 bridgehead atoms. The number of aromatic nitrogens is 3. The van der Waals surface area contributed by atoms with Crippen LogP contribution in [0.1, 0.15) is 126 Å². The normalized spacial score (nSPS) is 16.1. The maximum Gasteiger partial charge on any atom is 0.263 e. The summed E-state index contributed by atoms with van der Waals surface area (Å²) in [5, 5.41) is 11.6. The first-order valence-corrected chi connectivity index (χ1v) is 36.0. The number of thiophene rings is 3. The van der Waals surface area contributed by atoms with Crippen molar-refractivity contribution in [2.24, 2.45) is 11.8 Å². The summed E-state index contributed by atoms with van der Waals surface area (Å²) in [6, 6.07) is 41.2. The predicted molar refractivity (Wildman–Crippen MR) is 391 cm³/mol. The van der Waals surface area contributed by atoms with Crippen LogP contribution in [0.5, 0.6) is 5.75 Å². The monoisotopic (exact) mass is 1330 g/mol. The second-order valence-corrected chi connectivity index (χ2v) is 28.7. The average molecular weight is 1330 g/mol. The van der Waals surface area contributed by atoms with E-state index in [0.29, 0.717) is 57.6 Å². The summed E-state index contributed by atoms with van der Waals surface area (Å²) in [6.45, 7) is 15.9. The average Bonchev–Trinajstić information content (AvgIpc) is 1.14. The van der Waals surface area contributed by atoms with Crippen LogP contribution in [-0.4, -0.2) is 98.7 Å². The number of rotatable bonds is 17. The number of halogens is 1. The second-order valence-electron chi connectivity index (χ2n) is 25.7. The number of ether oxygens (including phenoxy) is 1. The van der Waals surface area contributed by atoms with E-state index in [-0.39, 0.29) is 23.5 Å². The molecule has 15 nitrogen and oxygen atoms in total. The standard InChI is InChI=1S/C28H30N4OS.C24H27FN4OS.C24H29N3O2S/c1-19-10-12-22-25(29)26(34-28(22)31-19)27(33)30-15-14-20-11-13-24(32-16-6-3-7-17-32)23(18-20)21-8-4-2-5-9-21;1-14-2-7-19-21(26)22(31-24(19)28-14)23(30)27-9-8-17-5-6-18(11-20(17)25)29-12-15-3-4-16(10-15)13-29;1-16-15-20(29-3)21-17(2)22(30-24(21)26-16)23(28)25-12-11-18-7-9-19(10-8-18)27-13-5-4-6-14-27/h2,4-5,8-13,18H,3,6-7,14-17,29H2,1H3,(H,30,33);2,5-7,11,15-16H,3-4,8-10,12-13,26H2,1H3,(H,27,30);7-10,15H,4-6,11-14H2,1-3H3,(H,25,28). The zero-order valence-electron chi connectivity index (χ0n) is 55.1. The number of carbonyl (C=O) groups is 3. The van der Waals surface area contributed by atoms with Crippen LogP contribution in [0, 0.1) is 45.3 Å². The van der Waals surface area contributed by atoms with E-state index in [1.54, 1.807) is 13.2 Å². The molecule has 3 saturated heterocycles. The van der Waals surface area contributed by atoms with Crippen molar-refractivity contribution in [1.29, 1.82) is 0 Å². The highest BCUT2D eigenvalue weighted by Gasteiger charge is 2.33. The van der Waals surface area contributed by atoms with Gasteiger partial charge >= 0.3 is 0 Å². The Hall–Kier alpha value is -8.65. The number of nitrogens with zero attached hydrogens (tertiary/aromatic N) is 6. The minimum Gasteiger partial charge on any atom is -0.496 e. The van der Waals surface area contributed by atoms with E-state index in [9.17, 15) is 18.8 Å². The Morgan fingerprint density at radius 1 is 0.547 bits per heavy atom.